The maximum atomic E-state index is 13.2. The molecule has 0 unspecified atom stereocenters. The summed E-state index contributed by atoms with van der Waals surface area (Å²) in [6.45, 7) is 2.79. The SMILES string of the molecule is COc1cccc(C(=O)N2CCC(C(=O)N3C[C@H]4C[C@@H](N(C)C)[C@H](O)C[C@H]4C3)CC2)c1. The van der Waals surface area contributed by atoms with Gasteiger partial charge in [-0.3, -0.25) is 9.59 Å². The lowest BCUT2D eigenvalue weighted by atomic mass is 9.77. The molecule has 4 atom stereocenters. The molecule has 4 rings (SSSR count). The van der Waals surface area contributed by atoms with Crippen LogP contribution in [0.15, 0.2) is 24.3 Å². The van der Waals surface area contributed by atoms with Gasteiger partial charge in [0.1, 0.15) is 5.75 Å². The average Bonchev–Trinajstić information content (AvgIpc) is 3.20. The number of carbonyl (C=O) groups excluding carboxylic acids is 2. The minimum absolute atomic E-state index is 0.000654. The zero-order valence-electron chi connectivity index (χ0n) is 18.9. The smallest absolute Gasteiger partial charge is 0.253 e. The molecule has 31 heavy (non-hydrogen) atoms. The maximum absolute atomic E-state index is 13.2. The van der Waals surface area contributed by atoms with Crippen LogP contribution in [0.25, 0.3) is 0 Å². The highest BCUT2D eigenvalue weighted by atomic mass is 16.5. The predicted molar refractivity (Wildman–Crippen MR) is 118 cm³/mol. The standard InChI is InChI=1S/C24H35N3O4/c1-25(2)21-12-18-14-27(15-19(18)13-22(21)28)23(29)16-7-9-26(10-8-16)24(30)17-5-4-6-20(11-17)31-3/h4-6,11,16,18-19,21-22,28H,7-10,12-15H2,1-3H3/t18-,19+,21-,22-/m1/s1. The van der Waals surface area contributed by atoms with Crippen molar-refractivity contribution in [3.8, 4) is 5.75 Å². The highest BCUT2D eigenvalue weighted by molar-refractivity contribution is 5.94. The Morgan fingerprint density at radius 3 is 2.39 bits per heavy atom. The molecule has 0 radical (unpaired) electrons. The summed E-state index contributed by atoms with van der Waals surface area (Å²) < 4.78 is 5.23. The topological polar surface area (TPSA) is 73.3 Å². The molecule has 2 saturated heterocycles. The summed E-state index contributed by atoms with van der Waals surface area (Å²) in [5.41, 5.74) is 0.627. The van der Waals surface area contributed by atoms with Gasteiger partial charge in [-0.1, -0.05) is 6.07 Å². The number of aliphatic hydroxyl groups is 1. The van der Waals surface area contributed by atoms with Crippen LogP contribution in [0.5, 0.6) is 5.75 Å². The Hall–Kier alpha value is -2.12. The van der Waals surface area contributed by atoms with Crippen molar-refractivity contribution >= 4 is 11.8 Å². The van der Waals surface area contributed by atoms with Gasteiger partial charge in [0.2, 0.25) is 5.91 Å². The van der Waals surface area contributed by atoms with Crippen molar-refractivity contribution in [3.05, 3.63) is 29.8 Å². The van der Waals surface area contributed by atoms with E-state index >= 15 is 0 Å². The van der Waals surface area contributed by atoms with Crippen molar-refractivity contribution in [1.29, 1.82) is 0 Å². The van der Waals surface area contributed by atoms with Gasteiger partial charge in [-0.25, -0.2) is 0 Å². The van der Waals surface area contributed by atoms with E-state index in [1.807, 2.05) is 42.1 Å². The molecule has 3 aliphatic rings. The Morgan fingerprint density at radius 2 is 1.74 bits per heavy atom. The zero-order valence-corrected chi connectivity index (χ0v) is 18.9. The number of ether oxygens (including phenoxy) is 1. The van der Waals surface area contributed by atoms with Crippen molar-refractivity contribution < 1.29 is 19.4 Å². The van der Waals surface area contributed by atoms with Gasteiger partial charge in [0.05, 0.1) is 13.2 Å². The number of rotatable bonds is 4. The third-order valence-corrected chi connectivity index (χ3v) is 7.53. The molecule has 0 aromatic heterocycles. The second-order valence-corrected chi connectivity index (χ2v) is 9.63. The average molecular weight is 430 g/mol. The Kier molecular flexibility index (Phi) is 6.53. The van der Waals surface area contributed by atoms with Crippen molar-refractivity contribution in [3.63, 3.8) is 0 Å². The van der Waals surface area contributed by atoms with Crippen molar-refractivity contribution in [1.82, 2.24) is 14.7 Å². The molecule has 3 fully saturated rings. The van der Waals surface area contributed by atoms with Gasteiger partial charge in [0.15, 0.2) is 0 Å². The summed E-state index contributed by atoms with van der Waals surface area (Å²) in [4.78, 5) is 32.0. The van der Waals surface area contributed by atoms with Crippen LogP contribution in [0.1, 0.15) is 36.0 Å². The second kappa shape index (κ2) is 9.17. The van der Waals surface area contributed by atoms with Crippen LogP contribution >= 0.6 is 0 Å². The van der Waals surface area contributed by atoms with E-state index in [1.165, 1.54) is 0 Å². The molecule has 1 aromatic carbocycles. The van der Waals surface area contributed by atoms with Gasteiger partial charge in [-0.2, -0.15) is 0 Å². The van der Waals surface area contributed by atoms with Crippen molar-refractivity contribution in [2.24, 2.45) is 17.8 Å². The fourth-order valence-electron chi connectivity index (χ4n) is 5.67. The van der Waals surface area contributed by atoms with Crippen LogP contribution in [0, 0.1) is 17.8 Å². The van der Waals surface area contributed by atoms with Crippen molar-refractivity contribution in [2.45, 2.75) is 37.8 Å². The number of likely N-dealkylation sites (tertiary alicyclic amines) is 2. The largest absolute Gasteiger partial charge is 0.497 e. The van der Waals surface area contributed by atoms with E-state index in [9.17, 15) is 14.7 Å². The first-order valence-corrected chi connectivity index (χ1v) is 11.4. The predicted octanol–water partition coefficient (Wildman–Crippen LogP) is 1.71. The molecular weight excluding hydrogens is 394 g/mol. The Morgan fingerprint density at radius 1 is 1.06 bits per heavy atom. The molecule has 0 spiro atoms. The van der Waals surface area contributed by atoms with Crippen LogP contribution in [0.4, 0.5) is 0 Å². The summed E-state index contributed by atoms with van der Waals surface area (Å²) in [6.07, 6.45) is 2.85. The van der Waals surface area contributed by atoms with Gasteiger partial charge in [0.25, 0.3) is 5.91 Å². The first-order chi connectivity index (χ1) is 14.9. The molecule has 1 N–H and O–H groups in total. The number of piperidine rings is 1. The van der Waals surface area contributed by atoms with E-state index in [0.717, 1.165) is 25.9 Å². The maximum Gasteiger partial charge on any atom is 0.253 e. The first kappa shape index (κ1) is 22.1. The van der Waals surface area contributed by atoms with Gasteiger partial charge >= 0.3 is 0 Å². The number of nitrogens with zero attached hydrogens (tertiary/aromatic N) is 3. The Bertz CT molecular complexity index is 806. The molecule has 170 valence electrons. The molecule has 7 heteroatoms. The number of carbonyl (C=O) groups is 2. The van der Waals surface area contributed by atoms with E-state index < -0.39 is 0 Å². The van der Waals surface area contributed by atoms with E-state index in [1.54, 1.807) is 13.2 Å². The lowest BCUT2D eigenvalue weighted by molar-refractivity contribution is -0.136. The van der Waals surface area contributed by atoms with Crippen LogP contribution < -0.4 is 4.74 Å². The number of amides is 2. The fourth-order valence-corrected chi connectivity index (χ4v) is 5.67. The third-order valence-electron chi connectivity index (χ3n) is 7.53. The van der Waals surface area contributed by atoms with Crippen molar-refractivity contribution in [2.75, 3.05) is 47.4 Å². The Labute approximate surface area is 184 Å². The minimum Gasteiger partial charge on any atom is -0.497 e. The zero-order chi connectivity index (χ0) is 22.1. The lowest BCUT2D eigenvalue weighted by Gasteiger charge is -2.38. The number of aliphatic hydroxyl groups excluding tert-OH is 1. The fraction of sp³-hybridized carbons (Fsp3) is 0.667. The summed E-state index contributed by atoms with van der Waals surface area (Å²) in [5.74, 6) is 1.79. The minimum atomic E-state index is -0.308. The number of fused-ring (bicyclic) bond motifs is 1. The van der Waals surface area contributed by atoms with Gasteiger partial charge in [0, 0.05) is 43.7 Å². The Balaban J connectivity index is 1.31. The van der Waals surface area contributed by atoms with Crippen LogP contribution in [-0.2, 0) is 4.79 Å². The molecule has 2 heterocycles. The van der Waals surface area contributed by atoms with Gasteiger partial charge in [-0.05, 0) is 69.8 Å². The lowest BCUT2D eigenvalue weighted by Crippen LogP contribution is -2.46. The molecule has 1 saturated carbocycles. The van der Waals surface area contributed by atoms with Gasteiger partial charge in [-0.15, -0.1) is 0 Å². The third kappa shape index (κ3) is 4.58. The molecule has 1 aliphatic carbocycles. The first-order valence-electron chi connectivity index (χ1n) is 11.4. The molecule has 2 amide bonds. The highest BCUT2D eigenvalue weighted by Gasteiger charge is 2.44. The molecule has 0 bridgehead atoms. The number of methoxy groups -OCH3 is 1. The normalized spacial score (nSPS) is 29.2. The molecule has 2 aliphatic heterocycles. The van der Waals surface area contributed by atoms with E-state index in [2.05, 4.69) is 4.90 Å². The quantitative estimate of drug-likeness (QED) is 0.789. The van der Waals surface area contributed by atoms with E-state index in [4.69, 9.17) is 4.74 Å². The highest BCUT2D eigenvalue weighted by Crippen LogP contribution is 2.38. The summed E-state index contributed by atoms with van der Waals surface area (Å²) in [6, 6.07) is 7.41. The molecule has 1 aromatic rings. The van der Waals surface area contributed by atoms with Crippen LogP contribution in [0.3, 0.4) is 0 Å². The van der Waals surface area contributed by atoms with Crippen LogP contribution in [0.2, 0.25) is 0 Å². The number of hydrogen-bond donors (Lipinski definition) is 1. The molecular formula is C24H35N3O4. The van der Waals surface area contributed by atoms with Gasteiger partial charge < -0.3 is 24.5 Å². The summed E-state index contributed by atoms with van der Waals surface area (Å²) in [5, 5.41) is 10.5. The number of likely N-dealkylation sites (N-methyl/N-ethyl adjacent to an activating group) is 1. The second-order valence-electron chi connectivity index (χ2n) is 9.63. The number of benzene rings is 1. The summed E-state index contributed by atoms with van der Waals surface area (Å²) >= 11 is 0. The monoisotopic (exact) mass is 429 g/mol. The van der Waals surface area contributed by atoms with Crippen LogP contribution in [-0.4, -0.2) is 91.2 Å². The van der Waals surface area contributed by atoms with E-state index in [-0.39, 0.29) is 29.9 Å². The molecule has 7 nitrogen and oxygen atoms in total. The van der Waals surface area contributed by atoms with E-state index in [0.29, 0.717) is 49.1 Å². The number of hydrogen-bond acceptors (Lipinski definition) is 5. The summed E-state index contributed by atoms with van der Waals surface area (Å²) in [7, 11) is 5.63.